The van der Waals surface area contributed by atoms with Crippen LogP contribution >= 0.6 is 28.1 Å². The van der Waals surface area contributed by atoms with Gasteiger partial charge in [-0.1, -0.05) is 27.2 Å². The molecule has 0 saturated carbocycles. The van der Waals surface area contributed by atoms with E-state index in [4.69, 9.17) is 21.7 Å². The molecule has 1 aliphatic rings. The zero-order valence-corrected chi connectivity index (χ0v) is 21.0. The first-order chi connectivity index (χ1) is 15.2. The van der Waals surface area contributed by atoms with Crippen LogP contribution in [-0.4, -0.2) is 60.1 Å². The molecule has 1 aromatic rings. The number of ether oxygens (including phenoxy) is 2. The molecule has 0 spiro atoms. The van der Waals surface area contributed by atoms with Gasteiger partial charge in [0, 0.05) is 18.7 Å². The highest BCUT2D eigenvalue weighted by molar-refractivity contribution is 9.10. The molecule has 176 valence electrons. The van der Waals surface area contributed by atoms with Gasteiger partial charge in [0.25, 0.3) is 5.91 Å². The molecule has 0 bridgehead atoms. The minimum atomic E-state index is -0.836. The fourth-order valence-electron chi connectivity index (χ4n) is 2.96. The van der Waals surface area contributed by atoms with E-state index in [9.17, 15) is 14.4 Å². The summed E-state index contributed by atoms with van der Waals surface area (Å²) in [6.45, 7) is 7.56. The molecular formula is C22H30BrN3O5S. The number of carbonyl (C=O) groups excluding carboxylic acids is 3. The van der Waals surface area contributed by atoms with Crippen molar-refractivity contribution in [2.24, 2.45) is 5.92 Å². The molecule has 0 aromatic heterocycles. The minimum absolute atomic E-state index is 0.0888. The molecule has 10 heteroatoms. The van der Waals surface area contributed by atoms with Crippen LogP contribution in [0, 0.1) is 5.92 Å². The number of thiocarbonyl (C=S) groups is 1. The highest BCUT2D eigenvalue weighted by Gasteiger charge is 2.34. The maximum atomic E-state index is 12.7. The number of rotatable bonds is 9. The van der Waals surface area contributed by atoms with Crippen LogP contribution in [0.4, 0.5) is 0 Å². The lowest BCUT2D eigenvalue weighted by molar-refractivity contribution is -0.148. The molecule has 8 nitrogen and oxygen atoms in total. The van der Waals surface area contributed by atoms with E-state index in [1.807, 2.05) is 13.8 Å². The van der Waals surface area contributed by atoms with E-state index in [1.165, 1.54) is 0 Å². The summed E-state index contributed by atoms with van der Waals surface area (Å²) in [6, 6.07) is 4.19. The van der Waals surface area contributed by atoms with Crippen LogP contribution in [0.2, 0.25) is 0 Å². The zero-order valence-electron chi connectivity index (χ0n) is 18.6. The molecule has 2 N–H and O–H groups in total. The molecule has 1 fully saturated rings. The van der Waals surface area contributed by atoms with Gasteiger partial charge in [-0.2, -0.15) is 0 Å². The average Bonchev–Trinajstić information content (AvgIpc) is 2.74. The highest BCUT2D eigenvalue weighted by Crippen LogP contribution is 2.26. The number of benzene rings is 1. The Balaban J connectivity index is 2.02. The number of amides is 2. The summed E-state index contributed by atoms with van der Waals surface area (Å²) < 4.78 is 11.5. The number of piperazine rings is 1. The van der Waals surface area contributed by atoms with Crippen molar-refractivity contribution in [1.82, 2.24) is 15.5 Å². The number of nitrogens with one attached hydrogen (secondary N) is 2. The summed E-state index contributed by atoms with van der Waals surface area (Å²) in [5, 5.41) is 5.48. The van der Waals surface area contributed by atoms with Crippen LogP contribution < -0.4 is 15.4 Å². The first-order valence-corrected chi connectivity index (χ1v) is 11.9. The quantitative estimate of drug-likeness (QED) is 0.289. The molecule has 1 aromatic carbocycles. The van der Waals surface area contributed by atoms with Crippen LogP contribution in [0.1, 0.15) is 50.4 Å². The van der Waals surface area contributed by atoms with Gasteiger partial charge in [0.15, 0.2) is 5.11 Å². The third-order valence-electron chi connectivity index (χ3n) is 4.70. The predicted molar refractivity (Wildman–Crippen MR) is 129 cm³/mol. The van der Waals surface area contributed by atoms with Gasteiger partial charge in [-0.15, -0.1) is 0 Å². The smallest absolute Gasteiger partial charge is 0.308 e. The van der Waals surface area contributed by atoms with E-state index >= 15 is 0 Å². The van der Waals surface area contributed by atoms with E-state index in [0.717, 1.165) is 12.8 Å². The van der Waals surface area contributed by atoms with Gasteiger partial charge in [-0.3, -0.25) is 19.7 Å². The lowest BCUT2D eigenvalue weighted by Gasteiger charge is -2.36. The van der Waals surface area contributed by atoms with Gasteiger partial charge in [-0.05, 0) is 58.7 Å². The predicted octanol–water partition coefficient (Wildman–Crippen LogP) is 3.03. The fourth-order valence-corrected chi connectivity index (χ4v) is 3.77. The number of halogens is 1. The second-order valence-electron chi connectivity index (χ2n) is 7.89. The molecule has 1 unspecified atom stereocenters. The summed E-state index contributed by atoms with van der Waals surface area (Å²) in [4.78, 5) is 38.8. The maximum Gasteiger partial charge on any atom is 0.308 e. The van der Waals surface area contributed by atoms with Gasteiger partial charge in [-0.25, -0.2) is 0 Å². The van der Waals surface area contributed by atoms with E-state index in [1.54, 1.807) is 23.1 Å². The molecule has 1 aliphatic heterocycles. The average molecular weight is 528 g/mol. The first-order valence-electron chi connectivity index (χ1n) is 10.7. The largest absolute Gasteiger partial charge is 0.492 e. The Bertz CT molecular complexity index is 849. The Labute approximate surface area is 202 Å². The summed E-state index contributed by atoms with van der Waals surface area (Å²) in [5.74, 6) is -0.375. The Morgan fingerprint density at radius 2 is 2.12 bits per heavy atom. The van der Waals surface area contributed by atoms with E-state index in [2.05, 4.69) is 33.5 Å². The van der Waals surface area contributed by atoms with Gasteiger partial charge in [0.1, 0.15) is 11.8 Å². The van der Waals surface area contributed by atoms with Crippen molar-refractivity contribution in [3.8, 4) is 5.75 Å². The molecule has 32 heavy (non-hydrogen) atoms. The second-order valence-corrected chi connectivity index (χ2v) is 9.13. The van der Waals surface area contributed by atoms with Crippen LogP contribution in [0.3, 0.4) is 0 Å². The van der Waals surface area contributed by atoms with Crippen LogP contribution in [0.15, 0.2) is 22.7 Å². The third kappa shape index (κ3) is 7.74. The molecule has 1 saturated heterocycles. The van der Waals surface area contributed by atoms with Crippen molar-refractivity contribution in [1.29, 1.82) is 0 Å². The molecule has 1 atom stereocenters. The maximum absolute atomic E-state index is 12.7. The van der Waals surface area contributed by atoms with E-state index in [0.29, 0.717) is 35.5 Å². The number of carbonyl (C=O) groups is 3. The highest BCUT2D eigenvalue weighted by atomic mass is 79.9. The Morgan fingerprint density at radius 3 is 2.78 bits per heavy atom. The lowest BCUT2D eigenvalue weighted by Crippen LogP contribution is -2.60. The molecule has 2 rings (SSSR count). The van der Waals surface area contributed by atoms with E-state index in [-0.39, 0.29) is 30.0 Å². The number of esters is 1. The zero-order chi connectivity index (χ0) is 23.7. The van der Waals surface area contributed by atoms with Crippen molar-refractivity contribution in [2.75, 3.05) is 26.3 Å². The van der Waals surface area contributed by atoms with E-state index < -0.39 is 17.9 Å². The number of nitrogens with zero attached hydrogens (tertiary/aromatic N) is 1. The topological polar surface area (TPSA) is 97.0 Å². The van der Waals surface area contributed by atoms with Crippen molar-refractivity contribution in [3.05, 3.63) is 28.2 Å². The van der Waals surface area contributed by atoms with Crippen molar-refractivity contribution in [2.45, 2.75) is 46.1 Å². The van der Waals surface area contributed by atoms with Gasteiger partial charge >= 0.3 is 5.97 Å². The van der Waals surface area contributed by atoms with Gasteiger partial charge < -0.3 is 19.7 Å². The summed E-state index contributed by atoms with van der Waals surface area (Å²) in [5.41, 5.74) is 0.386. The normalized spacial score (nSPS) is 15.8. The van der Waals surface area contributed by atoms with Crippen molar-refractivity contribution in [3.63, 3.8) is 0 Å². The molecule has 1 heterocycles. The number of hydrogen-bond acceptors (Lipinski definition) is 6. The van der Waals surface area contributed by atoms with Crippen LogP contribution in [0.5, 0.6) is 5.75 Å². The standard InChI is InChI=1S/C22H30BrN3O5S/c1-4-5-10-30-18-7-6-15(11-16(18)23)20(28)25-22(32)26-9-8-24-21(29)17(26)12-19(27)31-13-14(2)3/h6-7,11,14,17H,4-5,8-10,12-13H2,1-3H3,(H,24,29)(H,25,28,32). The molecule has 0 radical (unpaired) electrons. The van der Waals surface area contributed by atoms with Crippen LogP contribution in [0.25, 0.3) is 0 Å². The Kier molecular flexibility index (Phi) is 10.4. The Morgan fingerprint density at radius 1 is 1.38 bits per heavy atom. The molecular weight excluding hydrogens is 498 g/mol. The third-order valence-corrected chi connectivity index (χ3v) is 5.66. The van der Waals surface area contributed by atoms with Crippen LogP contribution in [-0.2, 0) is 14.3 Å². The van der Waals surface area contributed by atoms with Crippen molar-refractivity contribution >= 4 is 51.0 Å². The first kappa shape index (κ1) is 26.1. The number of unbranched alkanes of at least 4 members (excludes halogenated alkanes) is 1. The monoisotopic (exact) mass is 527 g/mol. The number of hydrogen-bond donors (Lipinski definition) is 2. The fraction of sp³-hybridized carbons (Fsp3) is 0.545. The lowest BCUT2D eigenvalue weighted by atomic mass is 10.1. The summed E-state index contributed by atoms with van der Waals surface area (Å²) >= 11 is 8.82. The summed E-state index contributed by atoms with van der Waals surface area (Å²) in [6.07, 6.45) is 1.82. The molecule has 2 amide bonds. The van der Waals surface area contributed by atoms with Crippen molar-refractivity contribution < 1.29 is 23.9 Å². The minimum Gasteiger partial charge on any atom is -0.492 e. The second kappa shape index (κ2) is 12.7. The van der Waals surface area contributed by atoms with Gasteiger partial charge in [0.2, 0.25) is 5.91 Å². The molecule has 0 aliphatic carbocycles. The Hall–Kier alpha value is -2.20. The SMILES string of the molecule is CCCCOc1ccc(C(=O)NC(=S)N2CCNC(=O)C2CC(=O)OCC(C)C)cc1Br. The summed E-state index contributed by atoms with van der Waals surface area (Å²) in [7, 11) is 0. The van der Waals surface area contributed by atoms with Gasteiger partial charge in [0.05, 0.1) is 24.1 Å².